The molecule has 1 N–H and O–H groups in total. The van der Waals surface area contributed by atoms with Crippen LogP contribution < -0.4 is 14.8 Å². The molecule has 1 atom stereocenters. The quantitative estimate of drug-likeness (QED) is 0.463. The van der Waals surface area contributed by atoms with Crippen molar-refractivity contribution in [3.8, 4) is 11.5 Å². The molecule has 0 aromatic heterocycles. The van der Waals surface area contributed by atoms with Gasteiger partial charge in [-0.05, 0) is 30.7 Å². The number of nitro groups is 1. The fourth-order valence-corrected chi connectivity index (χ4v) is 3.31. The van der Waals surface area contributed by atoms with E-state index in [1.807, 2.05) is 0 Å². The monoisotopic (exact) mass is 397 g/mol. The molecule has 0 radical (unpaired) electrons. The number of benzene rings is 2. The lowest BCUT2D eigenvalue weighted by molar-refractivity contribution is -0.385. The predicted octanol–water partition coefficient (Wildman–Crippen LogP) is 1.80. The minimum Gasteiger partial charge on any atom is -0.454 e. The summed E-state index contributed by atoms with van der Waals surface area (Å²) in [6.07, 6.45) is 0. The van der Waals surface area contributed by atoms with Crippen LogP contribution in [-0.4, -0.2) is 40.9 Å². The van der Waals surface area contributed by atoms with Crippen LogP contribution in [0.1, 0.15) is 39.2 Å². The lowest BCUT2D eigenvalue weighted by atomic mass is 10.1. The molecule has 2 aromatic carbocycles. The zero-order valence-electron chi connectivity index (χ0n) is 15.2. The number of hydrogen-bond acceptors (Lipinski definition) is 7. The van der Waals surface area contributed by atoms with Gasteiger partial charge in [-0.2, -0.15) is 0 Å². The number of nitrogens with one attached hydrogen (secondary N) is 1. The molecule has 3 amide bonds. The minimum absolute atomic E-state index is 0.0826. The van der Waals surface area contributed by atoms with Crippen molar-refractivity contribution in [2.75, 3.05) is 13.3 Å². The first kappa shape index (κ1) is 18.4. The van der Waals surface area contributed by atoms with Crippen molar-refractivity contribution in [1.29, 1.82) is 0 Å². The van der Waals surface area contributed by atoms with E-state index in [1.165, 1.54) is 12.1 Å². The van der Waals surface area contributed by atoms with E-state index >= 15 is 0 Å². The second kappa shape index (κ2) is 6.89. The summed E-state index contributed by atoms with van der Waals surface area (Å²) in [5, 5.41) is 13.9. The van der Waals surface area contributed by atoms with Crippen molar-refractivity contribution in [2.24, 2.45) is 0 Å². The van der Waals surface area contributed by atoms with E-state index in [1.54, 1.807) is 25.1 Å². The van der Waals surface area contributed by atoms with Gasteiger partial charge < -0.3 is 14.8 Å². The second-order valence-electron chi connectivity index (χ2n) is 6.56. The van der Waals surface area contributed by atoms with Crippen molar-refractivity contribution in [3.05, 3.63) is 63.2 Å². The Labute approximate surface area is 164 Å². The second-order valence-corrected chi connectivity index (χ2v) is 6.56. The Balaban J connectivity index is 1.47. The highest BCUT2D eigenvalue weighted by molar-refractivity contribution is 6.24. The van der Waals surface area contributed by atoms with Crippen LogP contribution in [0.15, 0.2) is 36.4 Å². The number of amides is 3. The standard InChI is InChI=1S/C19H15N3O7/c1-10(11-5-6-14-15(7-11)29-9-28-14)20-16(23)8-21-18(24)12-3-2-4-13(22(26)27)17(12)19(21)25/h2-7,10H,8-9H2,1H3,(H,20,23)/t10-/m1/s1. The van der Waals surface area contributed by atoms with E-state index in [-0.39, 0.29) is 17.9 Å². The van der Waals surface area contributed by atoms with E-state index in [2.05, 4.69) is 5.32 Å². The molecule has 0 bridgehead atoms. The zero-order chi connectivity index (χ0) is 20.7. The summed E-state index contributed by atoms with van der Waals surface area (Å²) in [5.74, 6) is -0.994. The average Bonchev–Trinajstić information content (AvgIpc) is 3.26. The molecule has 10 heteroatoms. The van der Waals surface area contributed by atoms with Crippen molar-refractivity contribution in [2.45, 2.75) is 13.0 Å². The van der Waals surface area contributed by atoms with E-state index < -0.39 is 40.9 Å². The Hall–Kier alpha value is -3.95. The number of imide groups is 1. The van der Waals surface area contributed by atoms with Crippen molar-refractivity contribution in [1.82, 2.24) is 10.2 Å². The Bertz CT molecular complexity index is 1070. The molecule has 2 aliphatic rings. The van der Waals surface area contributed by atoms with Gasteiger partial charge in [-0.25, -0.2) is 0 Å². The van der Waals surface area contributed by atoms with Crippen LogP contribution >= 0.6 is 0 Å². The Morgan fingerprint density at radius 1 is 1.21 bits per heavy atom. The van der Waals surface area contributed by atoms with Gasteiger partial charge in [0.25, 0.3) is 17.5 Å². The maximum atomic E-state index is 12.5. The van der Waals surface area contributed by atoms with Crippen LogP contribution in [0.5, 0.6) is 11.5 Å². The molecule has 0 spiro atoms. The summed E-state index contributed by atoms with van der Waals surface area (Å²) in [6.45, 7) is 1.33. The summed E-state index contributed by atoms with van der Waals surface area (Å²) >= 11 is 0. The fraction of sp³-hybridized carbons (Fsp3) is 0.211. The highest BCUT2D eigenvalue weighted by Gasteiger charge is 2.41. The molecule has 2 heterocycles. The number of carbonyl (C=O) groups is 3. The lowest BCUT2D eigenvalue weighted by Crippen LogP contribution is -2.41. The highest BCUT2D eigenvalue weighted by Crippen LogP contribution is 2.34. The number of rotatable bonds is 5. The maximum Gasteiger partial charge on any atom is 0.282 e. The van der Waals surface area contributed by atoms with Gasteiger partial charge in [-0.1, -0.05) is 12.1 Å². The first-order valence-electron chi connectivity index (χ1n) is 8.69. The van der Waals surface area contributed by atoms with Gasteiger partial charge >= 0.3 is 0 Å². The molecule has 2 aromatic rings. The zero-order valence-corrected chi connectivity index (χ0v) is 15.2. The van der Waals surface area contributed by atoms with E-state index in [0.717, 1.165) is 11.6 Å². The van der Waals surface area contributed by atoms with E-state index in [4.69, 9.17) is 9.47 Å². The molecule has 29 heavy (non-hydrogen) atoms. The smallest absolute Gasteiger partial charge is 0.282 e. The SMILES string of the molecule is C[C@@H](NC(=O)CN1C(=O)c2cccc([N+](=O)[O-])c2C1=O)c1ccc2c(c1)OCO2. The van der Waals surface area contributed by atoms with Gasteiger partial charge in [0.1, 0.15) is 12.1 Å². The highest BCUT2D eigenvalue weighted by atomic mass is 16.7. The van der Waals surface area contributed by atoms with Crippen LogP contribution in [0.2, 0.25) is 0 Å². The average molecular weight is 397 g/mol. The van der Waals surface area contributed by atoms with Crippen LogP contribution in [0, 0.1) is 10.1 Å². The molecule has 2 aliphatic heterocycles. The van der Waals surface area contributed by atoms with Crippen LogP contribution in [0.3, 0.4) is 0 Å². The molecule has 0 saturated heterocycles. The summed E-state index contributed by atoms with van der Waals surface area (Å²) in [5.41, 5.74) is -0.0852. The lowest BCUT2D eigenvalue weighted by Gasteiger charge is -2.18. The molecule has 4 rings (SSSR count). The number of carbonyl (C=O) groups excluding carboxylic acids is 3. The third-order valence-corrected chi connectivity index (χ3v) is 4.75. The Kier molecular flexibility index (Phi) is 4.38. The molecule has 0 unspecified atom stereocenters. The number of nitrogens with zero attached hydrogens (tertiary/aromatic N) is 2. The van der Waals surface area contributed by atoms with Crippen LogP contribution in [0.25, 0.3) is 0 Å². The molecule has 0 fully saturated rings. The summed E-state index contributed by atoms with van der Waals surface area (Å²) < 4.78 is 10.6. The van der Waals surface area contributed by atoms with Gasteiger partial charge in [0.15, 0.2) is 11.5 Å². The summed E-state index contributed by atoms with van der Waals surface area (Å²) in [6, 6.07) is 8.60. The van der Waals surface area contributed by atoms with Crippen molar-refractivity contribution in [3.63, 3.8) is 0 Å². The first-order valence-corrected chi connectivity index (χ1v) is 8.69. The van der Waals surface area contributed by atoms with Crippen molar-refractivity contribution >= 4 is 23.4 Å². The number of nitro benzene ring substituents is 1. The first-order chi connectivity index (χ1) is 13.9. The number of ether oxygens (including phenoxy) is 2. The largest absolute Gasteiger partial charge is 0.454 e. The van der Waals surface area contributed by atoms with Gasteiger partial charge in [0, 0.05) is 6.07 Å². The predicted molar refractivity (Wildman–Crippen MR) is 97.6 cm³/mol. The molecular formula is C19H15N3O7. The maximum absolute atomic E-state index is 12.5. The number of hydrogen-bond donors (Lipinski definition) is 1. The normalized spacial score (nSPS) is 15.3. The van der Waals surface area contributed by atoms with Gasteiger partial charge in [-0.15, -0.1) is 0 Å². The number of fused-ring (bicyclic) bond motifs is 2. The molecule has 0 aliphatic carbocycles. The minimum atomic E-state index is -0.858. The summed E-state index contributed by atoms with van der Waals surface area (Å²) in [7, 11) is 0. The van der Waals surface area contributed by atoms with E-state index in [0.29, 0.717) is 16.4 Å². The third-order valence-electron chi connectivity index (χ3n) is 4.75. The van der Waals surface area contributed by atoms with E-state index in [9.17, 15) is 24.5 Å². The van der Waals surface area contributed by atoms with Crippen molar-refractivity contribution < 1.29 is 28.8 Å². The Morgan fingerprint density at radius 3 is 2.72 bits per heavy atom. The van der Waals surface area contributed by atoms with Crippen LogP contribution in [0.4, 0.5) is 5.69 Å². The van der Waals surface area contributed by atoms with Gasteiger partial charge in [-0.3, -0.25) is 29.4 Å². The topological polar surface area (TPSA) is 128 Å². The van der Waals surface area contributed by atoms with Gasteiger partial charge in [0.05, 0.1) is 16.5 Å². The third kappa shape index (κ3) is 3.14. The Morgan fingerprint density at radius 2 is 1.97 bits per heavy atom. The molecule has 0 saturated carbocycles. The van der Waals surface area contributed by atoms with Gasteiger partial charge in [0.2, 0.25) is 12.7 Å². The summed E-state index contributed by atoms with van der Waals surface area (Å²) in [4.78, 5) is 48.6. The van der Waals surface area contributed by atoms with Crippen LogP contribution in [-0.2, 0) is 4.79 Å². The molecular weight excluding hydrogens is 382 g/mol. The molecule has 148 valence electrons. The molecule has 10 nitrogen and oxygen atoms in total. The fourth-order valence-electron chi connectivity index (χ4n) is 3.31.